The quantitative estimate of drug-likeness (QED) is 0.650. The maximum Gasteiger partial charge on any atom is 0.271 e. The number of sulfonamides is 1. The summed E-state index contributed by atoms with van der Waals surface area (Å²) < 4.78 is 27.5. The lowest BCUT2D eigenvalue weighted by Crippen LogP contribution is -2.34. The van der Waals surface area contributed by atoms with Crippen molar-refractivity contribution < 1.29 is 13.2 Å². The van der Waals surface area contributed by atoms with Crippen molar-refractivity contribution in [1.82, 2.24) is 5.32 Å². The van der Waals surface area contributed by atoms with Crippen molar-refractivity contribution in [3.05, 3.63) is 41.8 Å². The summed E-state index contributed by atoms with van der Waals surface area (Å²) in [5.41, 5.74) is 0.800. The van der Waals surface area contributed by atoms with Crippen molar-refractivity contribution in [3.63, 3.8) is 0 Å². The van der Waals surface area contributed by atoms with E-state index in [0.717, 1.165) is 11.3 Å². The van der Waals surface area contributed by atoms with Crippen LogP contribution in [-0.4, -0.2) is 19.4 Å². The molecule has 0 aliphatic rings. The third-order valence-corrected chi connectivity index (χ3v) is 5.99. The summed E-state index contributed by atoms with van der Waals surface area (Å²) in [6.45, 7) is 3.87. The van der Waals surface area contributed by atoms with E-state index in [0.29, 0.717) is 17.8 Å². The number of thiophene rings is 1. The highest BCUT2D eigenvalue weighted by Gasteiger charge is 2.17. The molecule has 2 aromatic rings. The normalized spacial score (nSPS) is 11.2. The topological polar surface area (TPSA) is 87.3 Å². The number of hydrogen-bond acceptors (Lipinski definition) is 5. The third kappa shape index (κ3) is 5.80. The molecule has 0 atom stereocenters. The van der Waals surface area contributed by atoms with Crippen LogP contribution in [0.5, 0.6) is 0 Å². The van der Waals surface area contributed by atoms with Gasteiger partial charge in [-0.3, -0.25) is 9.52 Å². The van der Waals surface area contributed by atoms with Gasteiger partial charge in [0, 0.05) is 6.42 Å². The molecule has 0 aliphatic heterocycles. The first kappa shape index (κ1) is 19.4. The molecule has 1 aromatic heterocycles. The Labute approximate surface area is 156 Å². The van der Waals surface area contributed by atoms with Crippen LogP contribution in [0.4, 0.5) is 11.4 Å². The maximum absolute atomic E-state index is 12.4. The lowest BCUT2D eigenvalue weighted by Gasteiger charge is -2.15. The van der Waals surface area contributed by atoms with Gasteiger partial charge in [-0.1, -0.05) is 32.0 Å². The minimum absolute atomic E-state index is 0.119. The van der Waals surface area contributed by atoms with Gasteiger partial charge in [0.05, 0.1) is 11.4 Å². The average molecular weight is 398 g/mol. The minimum Gasteiger partial charge on any atom is -0.331 e. The number of anilines is 2. The fourth-order valence-electron chi connectivity index (χ4n) is 1.99. The van der Waals surface area contributed by atoms with Gasteiger partial charge in [0.25, 0.3) is 10.0 Å². The van der Waals surface area contributed by atoms with Crippen LogP contribution in [0.25, 0.3) is 0 Å². The van der Waals surface area contributed by atoms with Crippen LogP contribution < -0.4 is 15.4 Å². The Morgan fingerprint density at radius 3 is 2.44 bits per heavy atom. The van der Waals surface area contributed by atoms with Crippen LogP contribution in [-0.2, 0) is 14.8 Å². The highest BCUT2D eigenvalue weighted by Crippen LogP contribution is 2.26. The molecule has 0 spiro atoms. The van der Waals surface area contributed by atoms with Crippen molar-refractivity contribution in [2.75, 3.05) is 10.0 Å². The Hall–Kier alpha value is -1.97. The Morgan fingerprint density at radius 2 is 1.84 bits per heavy atom. The lowest BCUT2D eigenvalue weighted by atomic mass is 10.1. The summed E-state index contributed by atoms with van der Waals surface area (Å²) in [7, 11) is -3.67. The monoisotopic (exact) mass is 397 g/mol. The molecule has 0 radical (unpaired) electrons. The molecule has 2 rings (SSSR count). The van der Waals surface area contributed by atoms with Crippen LogP contribution in [0.3, 0.4) is 0 Å². The number of nitrogens with one attached hydrogen (secondary N) is 3. The van der Waals surface area contributed by atoms with Crippen molar-refractivity contribution >= 4 is 56.0 Å². The van der Waals surface area contributed by atoms with Gasteiger partial charge in [-0.15, -0.1) is 11.3 Å². The molecule has 0 saturated carbocycles. The minimum atomic E-state index is -3.67. The van der Waals surface area contributed by atoms with Gasteiger partial charge in [0.1, 0.15) is 4.21 Å². The van der Waals surface area contributed by atoms with Gasteiger partial charge in [-0.2, -0.15) is 0 Å². The van der Waals surface area contributed by atoms with Gasteiger partial charge in [-0.05, 0) is 41.7 Å². The maximum atomic E-state index is 12.4. The fourth-order valence-corrected chi connectivity index (χ4v) is 4.29. The zero-order valence-electron chi connectivity index (χ0n) is 13.8. The van der Waals surface area contributed by atoms with Crippen LogP contribution in [0.2, 0.25) is 0 Å². The van der Waals surface area contributed by atoms with Crippen LogP contribution in [0.15, 0.2) is 46.0 Å². The van der Waals surface area contributed by atoms with Gasteiger partial charge in [0.15, 0.2) is 5.11 Å². The lowest BCUT2D eigenvalue weighted by molar-refractivity contribution is -0.120. The number of carbonyl (C=O) groups excluding carboxylic acids is 1. The first-order valence-electron chi connectivity index (χ1n) is 7.54. The van der Waals surface area contributed by atoms with Crippen LogP contribution in [0.1, 0.15) is 20.3 Å². The molecule has 6 nitrogen and oxygen atoms in total. The number of hydrogen-bond donors (Lipinski definition) is 3. The van der Waals surface area contributed by atoms with Crippen molar-refractivity contribution in [2.45, 2.75) is 24.5 Å². The second kappa shape index (κ2) is 8.41. The zero-order chi connectivity index (χ0) is 18.4. The molecule has 134 valence electrons. The van der Waals surface area contributed by atoms with Crippen molar-refractivity contribution in [2.24, 2.45) is 5.92 Å². The molecule has 0 aliphatic carbocycles. The first-order chi connectivity index (χ1) is 11.8. The second-order valence-electron chi connectivity index (χ2n) is 5.68. The highest BCUT2D eigenvalue weighted by molar-refractivity contribution is 7.94. The van der Waals surface area contributed by atoms with E-state index in [1.165, 1.54) is 6.07 Å². The summed E-state index contributed by atoms with van der Waals surface area (Å²) in [6.07, 6.45) is 0.356. The summed E-state index contributed by atoms with van der Waals surface area (Å²) in [6, 6.07) is 9.93. The summed E-state index contributed by atoms with van der Waals surface area (Å²) in [5, 5.41) is 7.25. The van der Waals surface area contributed by atoms with E-state index in [4.69, 9.17) is 12.2 Å². The molecular weight excluding hydrogens is 378 g/mol. The number of rotatable bonds is 6. The standard InChI is InChI=1S/C16H19N3O3S3/c1-11(2)10-14(20)18-16(23)17-12-6-3-4-7-13(12)19-25(21,22)15-8-5-9-24-15/h3-9,11,19H,10H2,1-2H3,(H2,17,18,20,23). The molecule has 1 heterocycles. The van der Waals surface area contributed by atoms with E-state index in [1.54, 1.807) is 35.7 Å². The predicted octanol–water partition coefficient (Wildman–Crippen LogP) is 3.41. The molecule has 0 bridgehead atoms. The van der Waals surface area contributed by atoms with Crippen molar-refractivity contribution in [3.8, 4) is 0 Å². The smallest absolute Gasteiger partial charge is 0.271 e. The SMILES string of the molecule is CC(C)CC(=O)NC(=S)Nc1ccccc1NS(=O)(=O)c1cccs1. The molecule has 9 heteroatoms. The van der Waals surface area contributed by atoms with E-state index in [2.05, 4.69) is 15.4 Å². The molecule has 0 unspecified atom stereocenters. The molecule has 3 N–H and O–H groups in total. The number of amides is 1. The predicted molar refractivity (Wildman–Crippen MR) is 105 cm³/mol. The zero-order valence-corrected chi connectivity index (χ0v) is 16.2. The molecule has 25 heavy (non-hydrogen) atoms. The fraction of sp³-hybridized carbons (Fsp3) is 0.250. The number of thiocarbonyl (C=S) groups is 1. The average Bonchev–Trinajstić information content (AvgIpc) is 3.03. The number of carbonyl (C=O) groups is 1. The van der Waals surface area contributed by atoms with E-state index in [-0.39, 0.29) is 21.1 Å². The first-order valence-corrected chi connectivity index (χ1v) is 10.3. The van der Waals surface area contributed by atoms with E-state index in [9.17, 15) is 13.2 Å². The van der Waals surface area contributed by atoms with Gasteiger partial charge >= 0.3 is 0 Å². The molecule has 1 aromatic carbocycles. The Balaban J connectivity index is 2.10. The Bertz CT molecular complexity index is 847. The molecular formula is C16H19N3O3S3. The third-order valence-electron chi connectivity index (χ3n) is 3.03. The van der Waals surface area contributed by atoms with Gasteiger partial charge in [-0.25, -0.2) is 8.42 Å². The van der Waals surface area contributed by atoms with Crippen molar-refractivity contribution in [1.29, 1.82) is 0 Å². The number of para-hydroxylation sites is 2. The largest absolute Gasteiger partial charge is 0.331 e. The highest BCUT2D eigenvalue weighted by atomic mass is 32.2. The molecule has 0 saturated heterocycles. The summed E-state index contributed by atoms with van der Waals surface area (Å²) in [5.74, 6) is 0.0249. The van der Waals surface area contributed by atoms with E-state index < -0.39 is 10.0 Å². The summed E-state index contributed by atoms with van der Waals surface area (Å²) in [4.78, 5) is 11.8. The van der Waals surface area contributed by atoms with Gasteiger partial charge < -0.3 is 10.6 Å². The molecule has 1 amide bonds. The Morgan fingerprint density at radius 1 is 1.16 bits per heavy atom. The molecule has 0 fully saturated rings. The Kier molecular flexibility index (Phi) is 6.51. The van der Waals surface area contributed by atoms with Crippen LogP contribution in [0, 0.1) is 5.92 Å². The van der Waals surface area contributed by atoms with E-state index in [1.807, 2.05) is 13.8 Å². The second-order valence-corrected chi connectivity index (χ2v) is 8.95. The van der Waals surface area contributed by atoms with E-state index >= 15 is 0 Å². The number of benzene rings is 1. The van der Waals surface area contributed by atoms with Crippen LogP contribution >= 0.6 is 23.6 Å². The summed E-state index contributed by atoms with van der Waals surface area (Å²) >= 11 is 6.26. The van der Waals surface area contributed by atoms with Gasteiger partial charge in [0.2, 0.25) is 5.91 Å².